The van der Waals surface area contributed by atoms with Crippen molar-refractivity contribution in [1.29, 1.82) is 0 Å². The molecule has 0 atom stereocenters. The number of benzene rings is 1. The van der Waals surface area contributed by atoms with Gasteiger partial charge in [0.15, 0.2) is 11.5 Å². The summed E-state index contributed by atoms with van der Waals surface area (Å²) in [6.07, 6.45) is 3.62. The molecule has 0 radical (unpaired) electrons. The lowest BCUT2D eigenvalue weighted by Crippen LogP contribution is -2.16. The van der Waals surface area contributed by atoms with Crippen molar-refractivity contribution in [1.82, 2.24) is 24.1 Å². The fraction of sp³-hybridized carbons (Fsp3) is 0.118. The van der Waals surface area contributed by atoms with Gasteiger partial charge in [-0.05, 0) is 17.7 Å². The Morgan fingerprint density at radius 1 is 1.08 bits per heavy atom. The van der Waals surface area contributed by atoms with Crippen LogP contribution in [0.1, 0.15) is 11.4 Å². The summed E-state index contributed by atoms with van der Waals surface area (Å²) in [4.78, 5) is 12.9. The summed E-state index contributed by atoms with van der Waals surface area (Å²) in [6, 6.07) is 13.3. The van der Waals surface area contributed by atoms with Crippen molar-refractivity contribution in [3.63, 3.8) is 0 Å². The Balaban J connectivity index is 1.93. The van der Waals surface area contributed by atoms with Crippen molar-refractivity contribution < 1.29 is 8.42 Å². The first-order chi connectivity index (χ1) is 12.4. The van der Waals surface area contributed by atoms with Crippen molar-refractivity contribution in [2.75, 3.05) is 0 Å². The highest BCUT2D eigenvalue weighted by Gasteiger charge is 2.26. The van der Waals surface area contributed by atoms with Gasteiger partial charge in [-0.2, -0.15) is 0 Å². The average molecular weight is 368 g/mol. The molecule has 0 saturated heterocycles. The van der Waals surface area contributed by atoms with Gasteiger partial charge in [0.1, 0.15) is 17.7 Å². The van der Waals surface area contributed by atoms with Crippen LogP contribution in [0.15, 0.2) is 60.0 Å². The fourth-order valence-corrected chi connectivity index (χ4v) is 3.63. The van der Waals surface area contributed by atoms with Crippen molar-refractivity contribution >= 4 is 21.2 Å². The Morgan fingerprint density at radius 2 is 1.85 bits per heavy atom. The molecule has 0 saturated carbocycles. The van der Waals surface area contributed by atoms with Gasteiger partial charge in [-0.15, -0.1) is 0 Å². The Labute approximate surface area is 150 Å². The molecule has 4 aromatic rings. The molecule has 0 unspecified atom stereocenters. The highest BCUT2D eigenvalue weighted by atomic mass is 32.2. The smallest absolute Gasteiger partial charge is 0.259 e. The van der Waals surface area contributed by atoms with Crippen molar-refractivity contribution in [3.05, 3.63) is 66.4 Å². The van der Waals surface area contributed by atoms with Gasteiger partial charge in [0, 0.05) is 19.7 Å². The lowest BCUT2D eigenvalue weighted by Gasteiger charge is -2.08. The van der Waals surface area contributed by atoms with E-state index in [2.05, 4.69) is 15.0 Å². The molecule has 0 bridgehead atoms. The van der Waals surface area contributed by atoms with Crippen LogP contribution in [0, 0.1) is 0 Å². The van der Waals surface area contributed by atoms with E-state index in [-0.39, 0.29) is 5.03 Å². The van der Waals surface area contributed by atoms with Gasteiger partial charge in [-0.3, -0.25) is 4.57 Å². The molecule has 2 N–H and O–H groups in total. The number of hydrogen-bond donors (Lipinski definition) is 1. The Kier molecular flexibility index (Phi) is 3.82. The second-order valence-corrected chi connectivity index (χ2v) is 7.36. The van der Waals surface area contributed by atoms with Gasteiger partial charge >= 0.3 is 0 Å². The highest BCUT2D eigenvalue weighted by molar-refractivity contribution is 7.89. The number of aromatic nitrogens is 5. The van der Waals surface area contributed by atoms with Crippen LogP contribution in [0.5, 0.6) is 0 Å². The van der Waals surface area contributed by atoms with E-state index in [1.165, 1.54) is 6.33 Å². The first kappa shape index (κ1) is 16.4. The number of sulfonamides is 1. The van der Waals surface area contributed by atoms with Gasteiger partial charge in [-0.1, -0.05) is 30.3 Å². The molecule has 0 aliphatic carbocycles. The number of primary sulfonamides is 1. The molecule has 0 aliphatic heterocycles. The zero-order valence-corrected chi connectivity index (χ0v) is 14.8. The molecular formula is C17H16N6O2S. The number of pyridine rings is 1. The lowest BCUT2D eigenvalue weighted by atomic mass is 10.1. The summed E-state index contributed by atoms with van der Waals surface area (Å²) >= 11 is 0. The summed E-state index contributed by atoms with van der Waals surface area (Å²) in [6.45, 7) is 0. The van der Waals surface area contributed by atoms with E-state index in [9.17, 15) is 8.42 Å². The van der Waals surface area contributed by atoms with Gasteiger partial charge in [-0.25, -0.2) is 28.5 Å². The molecule has 0 amide bonds. The minimum atomic E-state index is -4.03. The van der Waals surface area contributed by atoms with E-state index in [1.807, 2.05) is 30.3 Å². The van der Waals surface area contributed by atoms with E-state index in [1.54, 1.807) is 34.5 Å². The van der Waals surface area contributed by atoms with Crippen LogP contribution >= 0.6 is 0 Å². The van der Waals surface area contributed by atoms with E-state index < -0.39 is 10.0 Å². The zero-order valence-electron chi connectivity index (χ0n) is 13.9. The first-order valence-corrected chi connectivity index (χ1v) is 9.40. The summed E-state index contributed by atoms with van der Waals surface area (Å²) in [5.74, 6) is 0.896. The molecule has 132 valence electrons. The summed E-state index contributed by atoms with van der Waals surface area (Å²) in [7, 11) is -2.28. The largest absolute Gasteiger partial charge is 0.316 e. The van der Waals surface area contributed by atoms with Crippen molar-refractivity contribution in [2.24, 2.45) is 12.2 Å². The Hall–Kier alpha value is -3.04. The molecule has 3 heterocycles. The Bertz CT molecular complexity index is 1190. The normalized spacial score (nSPS) is 11.9. The quantitative estimate of drug-likeness (QED) is 0.585. The summed E-state index contributed by atoms with van der Waals surface area (Å²) in [5.41, 5.74) is 2.20. The predicted molar refractivity (Wildman–Crippen MR) is 96.3 cm³/mol. The van der Waals surface area contributed by atoms with Crippen molar-refractivity contribution in [3.8, 4) is 5.82 Å². The molecule has 0 fully saturated rings. The number of nitrogens with two attached hydrogens (primary N) is 1. The zero-order chi connectivity index (χ0) is 18.3. The topological polar surface area (TPSA) is 109 Å². The standard InChI is InChI=1S/C17H16N6O2S/c1-22-14(10-12-6-3-2-4-7-12)21-16(26(18,24)25)17(22)23-11-20-13-8-5-9-19-15(13)23/h2-9,11H,10H2,1H3,(H2,18,24,25). The minimum absolute atomic E-state index is 0.198. The highest BCUT2D eigenvalue weighted by Crippen LogP contribution is 2.24. The third kappa shape index (κ3) is 2.76. The van der Waals surface area contributed by atoms with Crippen molar-refractivity contribution in [2.45, 2.75) is 11.4 Å². The predicted octanol–water partition coefficient (Wildman–Crippen LogP) is 1.39. The molecule has 9 heteroatoms. The SMILES string of the molecule is Cn1c(Cc2ccccc2)nc(S(N)(=O)=O)c1-n1cnc2cccnc21. The molecule has 8 nitrogen and oxygen atoms in total. The second kappa shape index (κ2) is 6.04. The number of imidazole rings is 2. The van der Waals surface area contributed by atoms with E-state index in [0.29, 0.717) is 29.2 Å². The molecular weight excluding hydrogens is 352 g/mol. The van der Waals surface area contributed by atoms with Crippen LogP contribution in [-0.2, 0) is 23.5 Å². The molecule has 3 aromatic heterocycles. The average Bonchev–Trinajstić information content (AvgIpc) is 3.17. The van der Waals surface area contributed by atoms with Crippen LogP contribution in [0.3, 0.4) is 0 Å². The minimum Gasteiger partial charge on any atom is -0.316 e. The van der Waals surface area contributed by atoms with E-state index in [4.69, 9.17) is 5.14 Å². The van der Waals surface area contributed by atoms with Gasteiger partial charge in [0.2, 0.25) is 5.03 Å². The Morgan fingerprint density at radius 3 is 2.58 bits per heavy atom. The van der Waals surface area contributed by atoms with E-state index >= 15 is 0 Å². The fourth-order valence-electron chi connectivity index (χ4n) is 2.90. The van der Waals surface area contributed by atoms with E-state index in [0.717, 1.165) is 5.56 Å². The maximum absolute atomic E-state index is 12.2. The third-order valence-electron chi connectivity index (χ3n) is 4.14. The van der Waals surface area contributed by atoms with Crippen LogP contribution in [0.25, 0.3) is 17.0 Å². The van der Waals surface area contributed by atoms with Crippen LogP contribution < -0.4 is 5.14 Å². The number of hydrogen-bond acceptors (Lipinski definition) is 5. The monoisotopic (exact) mass is 368 g/mol. The van der Waals surface area contributed by atoms with Gasteiger partial charge < -0.3 is 4.57 Å². The number of rotatable bonds is 4. The number of nitrogens with zero attached hydrogens (tertiary/aromatic N) is 5. The van der Waals surface area contributed by atoms with Crippen LogP contribution in [0.4, 0.5) is 0 Å². The summed E-state index contributed by atoms with van der Waals surface area (Å²) in [5, 5.41) is 5.23. The van der Waals surface area contributed by atoms with Gasteiger partial charge in [0.25, 0.3) is 10.0 Å². The van der Waals surface area contributed by atoms with Crippen LogP contribution in [-0.4, -0.2) is 32.5 Å². The molecule has 4 rings (SSSR count). The third-order valence-corrected chi connectivity index (χ3v) is 4.95. The van der Waals surface area contributed by atoms with Crippen LogP contribution in [0.2, 0.25) is 0 Å². The maximum Gasteiger partial charge on any atom is 0.259 e. The lowest BCUT2D eigenvalue weighted by molar-refractivity contribution is 0.593. The molecule has 0 spiro atoms. The summed E-state index contributed by atoms with van der Waals surface area (Å²) < 4.78 is 27.6. The maximum atomic E-state index is 12.2. The molecule has 26 heavy (non-hydrogen) atoms. The van der Waals surface area contributed by atoms with Gasteiger partial charge in [0.05, 0.1) is 0 Å². The second-order valence-electron chi connectivity index (χ2n) is 5.88. The molecule has 0 aliphatic rings. The number of fused-ring (bicyclic) bond motifs is 1. The molecule has 1 aromatic carbocycles. The first-order valence-electron chi connectivity index (χ1n) is 7.86.